The van der Waals surface area contributed by atoms with Gasteiger partial charge in [-0.25, -0.2) is 0 Å². The van der Waals surface area contributed by atoms with Crippen LogP contribution < -0.4 is 10.1 Å². The van der Waals surface area contributed by atoms with E-state index in [-0.39, 0.29) is 11.8 Å². The van der Waals surface area contributed by atoms with Crippen LogP contribution in [0.5, 0.6) is 5.75 Å². The van der Waals surface area contributed by atoms with Crippen molar-refractivity contribution in [2.24, 2.45) is 0 Å². The number of hydrogen-bond donors (Lipinski definition) is 1. The van der Waals surface area contributed by atoms with Gasteiger partial charge in [0, 0.05) is 18.8 Å². The van der Waals surface area contributed by atoms with Gasteiger partial charge in [-0.1, -0.05) is 12.1 Å². The van der Waals surface area contributed by atoms with E-state index in [2.05, 4.69) is 10.4 Å². The van der Waals surface area contributed by atoms with Crippen LogP contribution in [-0.4, -0.2) is 51.7 Å². The normalized spacial score (nSPS) is 22.0. The summed E-state index contributed by atoms with van der Waals surface area (Å²) in [6.07, 6.45) is 3.26. The zero-order valence-electron chi connectivity index (χ0n) is 15.7. The molecule has 1 saturated heterocycles. The highest BCUT2D eigenvalue weighted by atomic mass is 16.5. The summed E-state index contributed by atoms with van der Waals surface area (Å²) in [6.45, 7) is 6.16. The van der Waals surface area contributed by atoms with Crippen LogP contribution in [0.1, 0.15) is 46.2 Å². The van der Waals surface area contributed by atoms with Crippen molar-refractivity contribution < 1.29 is 14.3 Å². The van der Waals surface area contributed by atoms with Gasteiger partial charge in [0.25, 0.3) is 11.8 Å². The number of rotatable bonds is 2. The average molecular weight is 368 g/mol. The number of aromatic nitrogens is 2. The highest BCUT2D eigenvalue weighted by Crippen LogP contribution is 2.32. The highest BCUT2D eigenvalue weighted by molar-refractivity contribution is 5.97. The van der Waals surface area contributed by atoms with Crippen LogP contribution in [-0.2, 0) is 6.54 Å². The Kier molecular flexibility index (Phi) is 4.37. The molecule has 1 fully saturated rings. The maximum absolute atomic E-state index is 13.1. The molecule has 1 aromatic carbocycles. The molecule has 142 valence electrons. The monoisotopic (exact) mass is 368 g/mol. The number of hydrogen-bond acceptors (Lipinski definition) is 4. The molecule has 0 unspecified atom stereocenters. The fraction of sp³-hybridized carbons (Fsp3) is 0.450. The predicted octanol–water partition coefficient (Wildman–Crippen LogP) is 2.01. The summed E-state index contributed by atoms with van der Waals surface area (Å²) >= 11 is 0. The molecule has 1 N–H and O–H groups in total. The van der Waals surface area contributed by atoms with Crippen LogP contribution in [0.4, 0.5) is 0 Å². The third-order valence-corrected chi connectivity index (χ3v) is 5.49. The second-order valence-corrected chi connectivity index (χ2v) is 7.25. The Hall–Kier alpha value is -2.83. The quantitative estimate of drug-likeness (QED) is 0.880. The summed E-state index contributed by atoms with van der Waals surface area (Å²) < 4.78 is 8.16. The van der Waals surface area contributed by atoms with Crippen molar-refractivity contribution in [2.45, 2.75) is 38.8 Å². The molecule has 7 nitrogen and oxygen atoms in total. The summed E-state index contributed by atoms with van der Waals surface area (Å²) in [5.74, 6) is 0.418. The van der Waals surface area contributed by atoms with E-state index in [9.17, 15) is 9.59 Å². The van der Waals surface area contributed by atoms with Crippen LogP contribution in [0.25, 0.3) is 0 Å². The molecule has 2 amide bonds. The molecule has 2 aliphatic heterocycles. The van der Waals surface area contributed by atoms with Crippen molar-refractivity contribution in [3.8, 4) is 5.75 Å². The molecule has 2 aliphatic rings. The second-order valence-electron chi connectivity index (χ2n) is 7.25. The average Bonchev–Trinajstić information content (AvgIpc) is 3.00. The Bertz CT molecular complexity index is 891. The molecular formula is C20H24N4O3. The van der Waals surface area contributed by atoms with Gasteiger partial charge in [0.05, 0.1) is 30.4 Å². The molecule has 3 heterocycles. The van der Waals surface area contributed by atoms with Gasteiger partial charge in [0.15, 0.2) is 0 Å². The van der Waals surface area contributed by atoms with Crippen LogP contribution in [0.3, 0.4) is 0 Å². The van der Waals surface area contributed by atoms with Gasteiger partial charge >= 0.3 is 0 Å². The minimum atomic E-state index is -0.606. The molecule has 0 bridgehead atoms. The van der Waals surface area contributed by atoms with E-state index in [1.807, 2.05) is 41.6 Å². The van der Waals surface area contributed by atoms with Gasteiger partial charge in [-0.3, -0.25) is 14.3 Å². The first kappa shape index (κ1) is 17.6. The number of ether oxygens (including phenoxy) is 1. The zero-order chi connectivity index (χ0) is 19.0. The van der Waals surface area contributed by atoms with Crippen molar-refractivity contribution in [3.63, 3.8) is 0 Å². The Labute approximate surface area is 158 Å². The van der Waals surface area contributed by atoms with Crippen LogP contribution in [0.2, 0.25) is 0 Å². The Morgan fingerprint density at radius 2 is 2.19 bits per heavy atom. The van der Waals surface area contributed by atoms with E-state index in [4.69, 9.17) is 4.74 Å². The van der Waals surface area contributed by atoms with Crippen molar-refractivity contribution in [1.29, 1.82) is 0 Å². The highest BCUT2D eigenvalue weighted by Gasteiger charge is 2.42. The number of fused-ring (bicyclic) bond motifs is 1. The maximum Gasteiger partial charge on any atom is 0.257 e. The summed E-state index contributed by atoms with van der Waals surface area (Å²) in [6, 6.07) is 7.26. The fourth-order valence-corrected chi connectivity index (χ4v) is 3.99. The number of carbonyl (C=O) groups excluding carboxylic acids is 2. The summed E-state index contributed by atoms with van der Waals surface area (Å²) in [5, 5.41) is 7.26. The van der Waals surface area contributed by atoms with Gasteiger partial charge in [-0.2, -0.15) is 5.10 Å². The number of nitrogens with zero attached hydrogens (tertiary/aromatic N) is 3. The molecule has 4 rings (SSSR count). The van der Waals surface area contributed by atoms with Gasteiger partial charge < -0.3 is 15.0 Å². The molecule has 1 spiro atoms. The first-order valence-corrected chi connectivity index (χ1v) is 9.41. The molecule has 0 aliphatic carbocycles. The zero-order valence-corrected chi connectivity index (χ0v) is 15.7. The lowest BCUT2D eigenvalue weighted by atomic mass is 9.91. The lowest BCUT2D eigenvalue weighted by Gasteiger charge is -2.42. The molecule has 0 saturated carbocycles. The number of aryl methyl sites for hydroxylation is 1. The largest absolute Gasteiger partial charge is 0.483 e. The number of carbonyl (C=O) groups is 2. The van der Waals surface area contributed by atoms with Crippen molar-refractivity contribution in [3.05, 3.63) is 47.3 Å². The predicted molar refractivity (Wildman–Crippen MR) is 99.9 cm³/mol. The summed E-state index contributed by atoms with van der Waals surface area (Å²) in [7, 11) is 0. The standard InChI is InChI=1S/C20H24N4O3/c1-3-24-14(2)16(11-22-24)19(26)23-10-6-9-20(13-23)12-21-18(25)15-7-4-5-8-17(15)27-20/h4-5,7-8,11H,3,6,9-10,12-13H2,1-2H3,(H,21,25)/t20-/m1/s1. The minimum absolute atomic E-state index is 0.0290. The topological polar surface area (TPSA) is 76.5 Å². The number of para-hydroxylation sites is 1. The lowest BCUT2D eigenvalue weighted by Crippen LogP contribution is -2.57. The second kappa shape index (κ2) is 6.72. The van der Waals surface area contributed by atoms with Crippen LogP contribution in [0, 0.1) is 6.92 Å². The van der Waals surface area contributed by atoms with Crippen molar-refractivity contribution in [2.75, 3.05) is 19.6 Å². The minimum Gasteiger partial charge on any atom is -0.483 e. The third kappa shape index (κ3) is 3.07. The number of benzene rings is 1. The summed E-state index contributed by atoms with van der Waals surface area (Å²) in [5.41, 5.74) is 1.44. The smallest absolute Gasteiger partial charge is 0.257 e. The lowest BCUT2D eigenvalue weighted by molar-refractivity contribution is -0.000897. The fourth-order valence-electron chi connectivity index (χ4n) is 3.99. The number of likely N-dealkylation sites (tertiary alicyclic amines) is 1. The van der Waals surface area contributed by atoms with Gasteiger partial charge in [0.1, 0.15) is 11.4 Å². The van der Waals surface area contributed by atoms with E-state index in [0.717, 1.165) is 25.1 Å². The van der Waals surface area contributed by atoms with E-state index >= 15 is 0 Å². The van der Waals surface area contributed by atoms with Gasteiger partial charge in [0.2, 0.25) is 0 Å². The number of nitrogens with one attached hydrogen (secondary N) is 1. The summed E-state index contributed by atoms with van der Waals surface area (Å²) in [4.78, 5) is 27.3. The van der Waals surface area contributed by atoms with Gasteiger partial charge in [-0.05, 0) is 38.8 Å². The Balaban J connectivity index is 1.60. The van der Waals surface area contributed by atoms with Crippen molar-refractivity contribution in [1.82, 2.24) is 20.0 Å². The first-order chi connectivity index (χ1) is 13.0. The molecule has 0 radical (unpaired) electrons. The van der Waals surface area contributed by atoms with Crippen LogP contribution in [0.15, 0.2) is 30.5 Å². The maximum atomic E-state index is 13.1. The number of piperidine rings is 1. The molecule has 1 aromatic heterocycles. The first-order valence-electron chi connectivity index (χ1n) is 9.41. The third-order valence-electron chi connectivity index (χ3n) is 5.49. The van der Waals surface area contributed by atoms with E-state index in [1.165, 1.54) is 0 Å². The van der Waals surface area contributed by atoms with Crippen molar-refractivity contribution >= 4 is 11.8 Å². The Morgan fingerprint density at radius 3 is 2.96 bits per heavy atom. The molecular weight excluding hydrogens is 344 g/mol. The molecule has 27 heavy (non-hydrogen) atoms. The van der Waals surface area contributed by atoms with E-state index in [1.54, 1.807) is 12.3 Å². The Morgan fingerprint density at radius 1 is 1.37 bits per heavy atom. The molecule has 2 aromatic rings. The van der Waals surface area contributed by atoms with E-state index < -0.39 is 5.60 Å². The van der Waals surface area contributed by atoms with Crippen LogP contribution >= 0.6 is 0 Å². The molecule has 7 heteroatoms. The molecule has 1 atom stereocenters. The number of amides is 2. The SMILES string of the molecule is CCn1ncc(C(=O)N2CCC[C@@]3(CNC(=O)c4ccccc4O3)C2)c1C. The van der Waals surface area contributed by atoms with E-state index in [0.29, 0.717) is 36.5 Å². The van der Waals surface area contributed by atoms with Gasteiger partial charge in [-0.15, -0.1) is 0 Å².